The van der Waals surface area contributed by atoms with Gasteiger partial charge in [-0.05, 0) is 43.2 Å². The smallest absolute Gasteiger partial charge is 0.224 e. The molecule has 0 heterocycles. The Bertz CT molecular complexity index is 927. The molecule has 0 radical (unpaired) electrons. The van der Waals surface area contributed by atoms with E-state index in [9.17, 15) is 13.2 Å². The Morgan fingerprint density at radius 1 is 1.07 bits per heavy atom. The minimum Gasteiger partial charge on any atom is -0.490 e. The Labute approximate surface area is 178 Å². The summed E-state index contributed by atoms with van der Waals surface area (Å²) < 4.78 is 37.4. The van der Waals surface area contributed by atoms with Crippen LogP contribution in [0.15, 0.2) is 61.2 Å². The van der Waals surface area contributed by atoms with Crippen LogP contribution in [0.3, 0.4) is 0 Å². The third-order valence-electron chi connectivity index (χ3n) is 4.00. The zero-order chi connectivity index (χ0) is 21.8. The highest BCUT2D eigenvalue weighted by molar-refractivity contribution is 7.88. The van der Waals surface area contributed by atoms with Gasteiger partial charge in [0.2, 0.25) is 15.9 Å². The first-order valence-electron chi connectivity index (χ1n) is 9.75. The van der Waals surface area contributed by atoms with Gasteiger partial charge in [0.1, 0.15) is 0 Å². The Morgan fingerprint density at radius 2 is 1.73 bits per heavy atom. The molecule has 8 heteroatoms. The number of nitrogens with one attached hydrogen (secondary N) is 2. The van der Waals surface area contributed by atoms with Crippen LogP contribution in [0.4, 0.5) is 5.69 Å². The largest absolute Gasteiger partial charge is 0.490 e. The van der Waals surface area contributed by atoms with Crippen molar-refractivity contribution in [2.45, 2.75) is 25.5 Å². The zero-order valence-electron chi connectivity index (χ0n) is 17.1. The normalized spacial score (nSPS) is 11.0. The minimum atomic E-state index is -3.41. The van der Waals surface area contributed by atoms with E-state index in [2.05, 4.69) is 16.6 Å². The van der Waals surface area contributed by atoms with Crippen LogP contribution in [0.2, 0.25) is 0 Å². The highest BCUT2D eigenvalue weighted by atomic mass is 32.2. The van der Waals surface area contributed by atoms with Crippen molar-refractivity contribution in [2.75, 3.05) is 25.1 Å². The zero-order valence-corrected chi connectivity index (χ0v) is 17.9. The van der Waals surface area contributed by atoms with Crippen molar-refractivity contribution in [3.8, 4) is 11.5 Å². The van der Waals surface area contributed by atoms with Crippen LogP contribution in [0.25, 0.3) is 0 Å². The number of benzene rings is 2. The van der Waals surface area contributed by atoms with Crippen LogP contribution in [-0.2, 0) is 20.6 Å². The molecule has 2 N–H and O–H groups in total. The molecule has 0 unspecified atom stereocenters. The van der Waals surface area contributed by atoms with Gasteiger partial charge in [0.15, 0.2) is 11.5 Å². The SMILES string of the molecule is C=CCNS(=O)(=O)Cc1ccc(NC(=O)CCCOc2ccccc2OCC)cc1. The van der Waals surface area contributed by atoms with Crippen molar-refractivity contribution in [2.24, 2.45) is 0 Å². The summed E-state index contributed by atoms with van der Waals surface area (Å²) in [6, 6.07) is 14.2. The highest BCUT2D eigenvalue weighted by Gasteiger charge is 2.10. The molecule has 0 bridgehead atoms. The first-order chi connectivity index (χ1) is 14.4. The van der Waals surface area contributed by atoms with E-state index in [0.29, 0.717) is 48.8 Å². The summed E-state index contributed by atoms with van der Waals surface area (Å²) in [6.45, 7) is 6.53. The molecule has 2 rings (SSSR count). The molecule has 0 saturated carbocycles. The van der Waals surface area contributed by atoms with E-state index in [0.717, 1.165) is 0 Å². The van der Waals surface area contributed by atoms with Gasteiger partial charge >= 0.3 is 0 Å². The van der Waals surface area contributed by atoms with Gasteiger partial charge in [0.05, 0.1) is 19.0 Å². The van der Waals surface area contributed by atoms with Crippen molar-refractivity contribution >= 4 is 21.6 Å². The molecule has 0 fully saturated rings. The Hall–Kier alpha value is -2.84. The van der Waals surface area contributed by atoms with Crippen LogP contribution in [0, 0.1) is 0 Å². The summed E-state index contributed by atoms with van der Waals surface area (Å²) in [5.74, 6) is 1.08. The molecule has 2 aromatic carbocycles. The van der Waals surface area contributed by atoms with E-state index in [1.807, 2.05) is 31.2 Å². The molecule has 2 aromatic rings. The topological polar surface area (TPSA) is 93.7 Å². The van der Waals surface area contributed by atoms with Crippen LogP contribution < -0.4 is 19.5 Å². The van der Waals surface area contributed by atoms with E-state index in [4.69, 9.17) is 9.47 Å². The summed E-state index contributed by atoms with van der Waals surface area (Å²) in [4.78, 5) is 12.1. The molecule has 1 amide bonds. The predicted octanol–water partition coefficient (Wildman–Crippen LogP) is 3.49. The lowest BCUT2D eigenvalue weighted by atomic mass is 10.2. The number of hydrogen-bond acceptors (Lipinski definition) is 5. The number of ether oxygens (including phenoxy) is 2. The van der Waals surface area contributed by atoms with E-state index in [1.165, 1.54) is 6.08 Å². The standard InChI is InChI=1S/C22H28N2O5S/c1-3-15-23-30(26,27)17-18-11-13-19(14-12-18)24-22(25)10-7-16-29-21-9-6-5-8-20(21)28-4-2/h3,5-6,8-9,11-14,23H,1,4,7,10,15-17H2,2H3,(H,24,25). The van der Waals surface area contributed by atoms with E-state index >= 15 is 0 Å². The van der Waals surface area contributed by atoms with Crippen molar-refractivity contribution in [1.82, 2.24) is 4.72 Å². The number of rotatable bonds is 13. The number of carbonyl (C=O) groups is 1. The summed E-state index contributed by atoms with van der Waals surface area (Å²) in [7, 11) is -3.41. The number of amides is 1. The van der Waals surface area contributed by atoms with Crippen molar-refractivity contribution in [3.05, 3.63) is 66.7 Å². The summed E-state index contributed by atoms with van der Waals surface area (Å²) >= 11 is 0. The number of carbonyl (C=O) groups excluding carboxylic acids is 1. The second-order valence-corrected chi connectivity index (χ2v) is 8.28. The minimum absolute atomic E-state index is 0.129. The van der Waals surface area contributed by atoms with Crippen LogP contribution in [0.1, 0.15) is 25.3 Å². The molecule has 0 atom stereocenters. The van der Waals surface area contributed by atoms with Gasteiger partial charge in [-0.15, -0.1) is 6.58 Å². The van der Waals surface area contributed by atoms with Gasteiger partial charge in [0.25, 0.3) is 0 Å². The summed E-state index contributed by atoms with van der Waals surface area (Å²) in [5, 5.41) is 2.80. The van der Waals surface area contributed by atoms with E-state index < -0.39 is 10.0 Å². The summed E-state index contributed by atoms with van der Waals surface area (Å²) in [5.41, 5.74) is 1.24. The number of anilines is 1. The molecule has 0 saturated heterocycles. The van der Waals surface area contributed by atoms with Gasteiger partial charge in [-0.3, -0.25) is 4.79 Å². The van der Waals surface area contributed by atoms with Gasteiger partial charge in [-0.25, -0.2) is 13.1 Å². The maximum atomic E-state index is 12.1. The monoisotopic (exact) mass is 432 g/mol. The maximum Gasteiger partial charge on any atom is 0.224 e. The molecular formula is C22H28N2O5S. The lowest BCUT2D eigenvalue weighted by Gasteiger charge is -2.11. The molecule has 7 nitrogen and oxygen atoms in total. The maximum absolute atomic E-state index is 12.1. The Morgan fingerprint density at radius 3 is 2.37 bits per heavy atom. The number of para-hydroxylation sites is 2. The molecule has 0 spiro atoms. The fourth-order valence-corrected chi connectivity index (χ4v) is 3.73. The van der Waals surface area contributed by atoms with E-state index in [1.54, 1.807) is 24.3 Å². The summed E-state index contributed by atoms with van der Waals surface area (Å²) in [6.07, 6.45) is 2.34. The fraction of sp³-hybridized carbons (Fsp3) is 0.318. The third-order valence-corrected chi connectivity index (χ3v) is 5.32. The lowest BCUT2D eigenvalue weighted by Crippen LogP contribution is -2.25. The fourth-order valence-electron chi connectivity index (χ4n) is 2.62. The van der Waals surface area contributed by atoms with Crippen LogP contribution >= 0.6 is 0 Å². The second-order valence-electron chi connectivity index (χ2n) is 6.47. The lowest BCUT2D eigenvalue weighted by molar-refractivity contribution is -0.116. The van der Waals surface area contributed by atoms with Gasteiger partial charge in [0, 0.05) is 18.7 Å². The number of hydrogen-bond donors (Lipinski definition) is 2. The van der Waals surface area contributed by atoms with Gasteiger partial charge in [-0.1, -0.05) is 30.3 Å². The van der Waals surface area contributed by atoms with Crippen molar-refractivity contribution < 1.29 is 22.7 Å². The molecule has 0 aliphatic carbocycles. The van der Waals surface area contributed by atoms with Crippen LogP contribution in [-0.4, -0.2) is 34.1 Å². The van der Waals surface area contributed by atoms with Crippen molar-refractivity contribution in [3.63, 3.8) is 0 Å². The average molecular weight is 433 g/mol. The molecule has 30 heavy (non-hydrogen) atoms. The Balaban J connectivity index is 1.75. The first-order valence-corrected chi connectivity index (χ1v) is 11.4. The highest BCUT2D eigenvalue weighted by Crippen LogP contribution is 2.26. The quantitative estimate of drug-likeness (QED) is 0.373. The molecule has 0 aliphatic rings. The van der Waals surface area contributed by atoms with Gasteiger partial charge < -0.3 is 14.8 Å². The average Bonchev–Trinajstić information content (AvgIpc) is 2.72. The third kappa shape index (κ3) is 8.26. The second kappa shape index (κ2) is 12.0. The Kier molecular flexibility index (Phi) is 9.37. The number of sulfonamides is 1. The predicted molar refractivity (Wildman–Crippen MR) is 118 cm³/mol. The van der Waals surface area contributed by atoms with Crippen LogP contribution in [0.5, 0.6) is 11.5 Å². The van der Waals surface area contributed by atoms with Crippen molar-refractivity contribution in [1.29, 1.82) is 0 Å². The molecule has 0 aliphatic heterocycles. The molecule has 0 aromatic heterocycles. The van der Waals surface area contributed by atoms with E-state index in [-0.39, 0.29) is 18.2 Å². The van der Waals surface area contributed by atoms with Gasteiger partial charge in [-0.2, -0.15) is 0 Å². The first kappa shape index (κ1) is 23.4. The molecule has 162 valence electrons. The molecular weight excluding hydrogens is 404 g/mol.